The van der Waals surface area contributed by atoms with E-state index >= 15 is 0 Å². The van der Waals surface area contributed by atoms with Crippen LogP contribution < -0.4 is 10.1 Å². The number of allylic oxidation sites excluding steroid dienone is 2. The topological polar surface area (TPSA) is 96.0 Å². The predicted molar refractivity (Wildman–Crippen MR) is 147 cm³/mol. The molecule has 0 aromatic heterocycles. The highest BCUT2D eigenvalue weighted by atomic mass is 16.5. The van der Waals surface area contributed by atoms with E-state index in [0.29, 0.717) is 31.6 Å². The first-order valence-corrected chi connectivity index (χ1v) is 13.7. The molecule has 2 aromatic rings. The molecule has 1 aliphatic carbocycles. The minimum absolute atomic E-state index is 0.00669. The maximum atomic E-state index is 13.8. The Kier molecular flexibility index (Phi) is 9.52. The summed E-state index contributed by atoms with van der Waals surface area (Å²) in [6.45, 7) is 2.67. The third-order valence-corrected chi connectivity index (χ3v) is 7.46. The van der Waals surface area contributed by atoms with Gasteiger partial charge in [0.1, 0.15) is 11.8 Å². The first-order chi connectivity index (χ1) is 18.9. The van der Waals surface area contributed by atoms with E-state index in [2.05, 4.69) is 5.32 Å². The number of ether oxygens (including phenoxy) is 1. The number of carbonyl (C=O) groups excluding carboxylic acids is 4. The predicted octanol–water partition coefficient (Wildman–Crippen LogP) is 3.50. The fourth-order valence-electron chi connectivity index (χ4n) is 5.33. The summed E-state index contributed by atoms with van der Waals surface area (Å²) in [7, 11) is 1.58. The van der Waals surface area contributed by atoms with Crippen LogP contribution in [0.15, 0.2) is 66.7 Å². The summed E-state index contributed by atoms with van der Waals surface area (Å²) < 4.78 is 5.37. The number of benzene rings is 2. The van der Waals surface area contributed by atoms with Crippen LogP contribution in [-0.4, -0.2) is 59.7 Å². The molecule has 1 N–H and O–H groups in total. The number of rotatable bonds is 12. The van der Waals surface area contributed by atoms with Gasteiger partial charge >= 0.3 is 0 Å². The molecular weight excluding hydrogens is 494 g/mol. The van der Waals surface area contributed by atoms with Gasteiger partial charge in [0.25, 0.3) is 0 Å². The van der Waals surface area contributed by atoms with Crippen molar-refractivity contribution in [3.63, 3.8) is 0 Å². The Morgan fingerprint density at radius 1 is 1.00 bits per heavy atom. The van der Waals surface area contributed by atoms with E-state index in [1.165, 1.54) is 4.90 Å². The highest BCUT2D eigenvalue weighted by Crippen LogP contribution is 2.35. The summed E-state index contributed by atoms with van der Waals surface area (Å²) in [6.07, 6.45) is 6.05. The Morgan fingerprint density at radius 2 is 1.67 bits per heavy atom. The van der Waals surface area contributed by atoms with Crippen LogP contribution in [0, 0.1) is 11.8 Å². The molecule has 1 saturated heterocycles. The minimum atomic E-state index is -0.769. The number of nitrogens with one attached hydrogen (secondary N) is 1. The van der Waals surface area contributed by atoms with Gasteiger partial charge in [0.2, 0.25) is 23.6 Å². The van der Waals surface area contributed by atoms with Crippen molar-refractivity contribution in [3.8, 4) is 5.75 Å². The summed E-state index contributed by atoms with van der Waals surface area (Å²) in [4.78, 5) is 56.0. The zero-order chi connectivity index (χ0) is 27.8. The Bertz CT molecular complexity index is 1190. The molecule has 2 aromatic carbocycles. The molecule has 1 aliphatic heterocycles. The molecule has 8 nitrogen and oxygen atoms in total. The molecule has 206 valence electrons. The smallest absolute Gasteiger partial charge is 0.243 e. The fraction of sp³-hybridized carbons (Fsp3) is 0.419. The van der Waals surface area contributed by atoms with E-state index in [1.54, 1.807) is 12.0 Å². The van der Waals surface area contributed by atoms with Crippen LogP contribution in [0.5, 0.6) is 5.75 Å². The maximum Gasteiger partial charge on any atom is 0.243 e. The first kappa shape index (κ1) is 28.1. The summed E-state index contributed by atoms with van der Waals surface area (Å²) in [6, 6.07) is 16.2. The van der Waals surface area contributed by atoms with E-state index in [-0.39, 0.29) is 55.0 Å². The molecule has 2 aliphatic rings. The standard InChI is InChI=1S/C31H37N3O5/c1-3-17-32-29(36)27(20-22-10-5-4-6-11-22)34(21-23-12-9-13-24(19-23)39-2)28(35)16-18-33-30(37)25-14-7-8-15-26(25)31(33)38/h4-13,19,25-27H,3,14-18,20-21H2,1-2H3,(H,32,36)/t25-,26+,27-/m0/s1. The van der Waals surface area contributed by atoms with E-state index < -0.39 is 6.04 Å². The number of hydrogen-bond donors (Lipinski definition) is 1. The number of likely N-dealkylation sites (tertiary alicyclic amines) is 1. The normalized spacial score (nSPS) is 19.0. The average molecular weight is 532 g/mol. The second-order valence-electron chi connectivity index (χ2n) is 10.1. The van der Waals surface area contributed by atoms with E-state index in [9.17, 15) is 19.2 Å². The molecule has 3 atom stereocenters. The zero-order valence-corrected chi connectivity index (χ0v) is 22.7. The summed E-state index contributed by atoms with van der Waals surface area (Å²) in [5, 5.41) is 2.96. The van der Waals surface area contributed by atoms with Crippen LogP contribution in [-0.2, 0) is 32.1 Å². The molecule has 8 heteroatoms. The highest BCUT2D eigenvalue weighted by Gasteiger charge is 2.47. The lowest BCUT2D eigenvalue weighted by Crippen LogP contribution is -2.51. The van der Waals surface area contributed by atoms with Crippen molar-refractivity contribution < 1.29 is 23.9 Å². The SMILES string of the molecule is CCCNC(=O)[C@H](Cc1ccccc1)N(Cc1cccc(OC)c1)C(=O)CCN1C(=O)[C@H]2CC=CC[C@H]2C1=O. The van der Waals surface area contributed by atoms with Crippen LogP contribution >= 0.6 is 0 Å². The number of amides is 4. The molecule has 4 rings (SSSR count). The maximum absolute atomic E-state index is 13.8. The van der Waals surface area contributed by atoms with Gasteiger partial charge in [-0.3, -0.25) is 24.1 Å². The Balaban J connectivity index is 1.59. The van der Waals surface area contributed by atoms with Gasteiger partial charge in [-0.05, 0) is 42.5 Å². The lowest BCUT2D eigenvalue weighted by Gasteiger charge is -2.32. The first-order valence-electron chi connectivity index (χ1n) is 13.7. The van der Waals surface area contributed by atoms with Crippen LogP contribution in [0.3, 0.4) is 0 Å². The van der Waals surface area contributed by atoms with Crippen LogP contribution in [0.4, 0.5) is 0 Å². The number of hydrogen-bond acceptors (Lipinski definition) is 5. The number of nitrogens with zero attached hydrogens (tertiary/aromatic N) is 2. The Hall–Kier alpha value is -3.94. The summed E-state index contributed by atoms with van der Waals surface area (Å²) >= 11 is 0. The Labute approximate surface area is 230 Å². The fourth-order valence-corrected chi connectivity index (χ4v) is 5.33. The molecular formula is C31H37N3O5. The van der Waals surface area contributed by atoms with E-state index in [1.807, 2.05) is 73.7 Å². The molecule has 0 unspecified atom stereocenters. The van der Waals surface area contributed by atoms with Crippen molar-refractivity contribution in [2.75, 3.05) is 20.2 Å². The minimum Gasteiger partial charge on any atom is -0.497 e. The number of imide groups is 1. The monoisotopic (exact) mass is 531 g/mol. The van der Waals surface area contributed by atoms with Crippen molar-refractivity contribution in [1.29, 1.82) is 0 Å². The van der Waals surface area contributed by atoms with Crippen LogP contribution in [0.25, 0.3) is 0 Å². The second-order valence-corrected chi connectivity index (χ2v) is 10.1. The van der Waals surface area contributed by atoms with Gasteiger partial charge < -0.3 is 15.0 Å². The van der Waals surface area contributed by atoms with Crippen molar-refractivity contribution in [1.82, 2.24) is 15.1 Å². The van der Waals surface area contributed by atoms with Gasteiger partial charge in [-0.25, -0.2) is 0 Å². The van der Waals surface area contributed by atoms with Gasteiger partial charge in [-0.1, -0.05) is 61.5 Å². The molecule has 1 heterocycles. The molecule has 0 saturated carbocycles. The third kappa shape index (κ3) is 6.74. The lowest BCUT2D eigenvalue weighted by atomic mass is 9.85. The quantitative estimate of drug-likeness (QED) is 0.334. The van der Waals surface area contributed by atoms with Crippen molar-refractivity contribution in [2.24, 2.45) is 11.8 Å². The van der Waals surface area contributed by atoms with Gasteiger partial charge in [0, 0.05) is 32.5 Å². The Morgan fingerprint density at radius 3 is 2.31 bits per heavy atom. The van der Waals surface area contributed by atoms with Gasteiger partial charge in [0.15, 0.2) is 0 Å². The zero-order valence-electron chi connectivity index (χ0n) is 22.7. The number of fused-ring (bicyclic) bond motifs is 1. The van der Waals surface area contributed by atoms with Crippen LogP contribution in [0.2, 0.25) is 0 Å². The van der Waals surface area contributed by atoms with Crippen molar-refractivity contribution in [3.05, 3.63) is 77.9 Å². The highest BCUT2D eigenvalue weighted by molar-refractivity contribution is 6.05. The van der Waals surface area contributed by atoms with Gasteiger partial charge in [-0.2, -0.15) is 0 Å². The second kappa shape index (κ2) is 13.2. The average Bonchev–Trinajstić information content (AvgIpc) is 3.21. The van der Waals surface area contributed by atoms with E-state index in [0.717, 1.165) is 17.5 Å². The largest absolute Gasteiger partial charge is 0.497 e. The number of carbonyl (C=O) groups is 4. The van der Waals surface area contributed by atoms with Gasteiger partial charge in [-0.15, -0.1) is 0 Å². The third-order valence-electron chi connectivity index (χ3n) is 7.46. The lowest BCUT2D eigenvalue weighted by molar-refractivity contribution is -0.144. The molecule has 0 radical (unpaired) electrons. The van der Waals surface area contributed by atoms with E-state index in [4.69, 9.17) is 4.74 Å². The molecule has 4 amide bonds. The summed E-state index contributed by atoms with van der Waals surface area (Å²) in [5.74, 6) is -0.959. The van der Waals surface area contributed by atoms with Crippen LogP contribution in [0.1, 0.15) is 43.7 Å². The molecule has 39 heavy (non-hydrogen) atoms. The van der Waals surface area contributed by atoms with Crippen molar-refractivity contribution >= 4 is 23.6 Å². The van der Waals surface area contributed by atoms with Gasteiger partial charge in [0.05, 0.1) is 18.9 Å². The molecule has 0 spiro atoms. The number of methoxy groups -OCH3 is 1. The molecule has 1 fully saturated rings. The summed E-state index contributed by atoms with van der Waals surface area (Å²) in [5.41, 5.74) is 1.74. The van der Waals surface area contributed by atoms with Crippen molar-refractivity contribution in [2.45, 2.75) is 51.6 Å². The molecule has 0 bridgehead atoms.